The van der Waals surface area contributed by atoms with Crippen molar-refractivity contribution in [1.82, 2.24) is 0 Å². The smallest absolute Gasteiger partial charge is 0.292 e. The SMILES string of the molecule is Cc1ccc(Nc2ccc([N+](=O)[O-])c(N)c2)cc1Cl. The zero-order valence-corrected chi connectivity index (χ0v) is 10.9. The largest absolute Gasteiger partial charge is 0.393 e. The molecule has 3 N–H and O–H groups in total. The first-order valence-electron chi connectivity index (χ1n) is 5.54. The normalized spacial score (nSPS) is 10.2. The Morgan fingerprint density at radius 1 is 1.21 bits per heavy atom. The van der Waals surface area contributed by atoms with Crippen molar-refractivity contribution >= 4 is 34.4 Å². The quantitative estimate of drug-likeness (QED) is 0.507. The number of nitrogens with one attached hydrogen (secondary N) is 1. The molecule has 2 rings (SSSR count). The van der Waals surface area contributed by atoms with E-state index in [1.807, 2.05) is 19.1 Å². The zero-order chi connectivity index (χ0) is 14.0. The molecule has 0 saturated heterocycles. The van der Waals surface area contributed by atoms with Gasteiger partial charge in [-0.1, -0.05) is 17.7 Å². The second kappa shape index (κ2) is 5.16. The number of rotatable bonds is 3. The van der Waals surface area contributed by atoms with Gasteiger partial charge in [0.15, 0.2) is 0 Å². The number of benzene rings is 2. The fraction of sp³-hybridized carbons (Fsp3) is 0.0769. The van der Waals surface area contributed by atoms with Crippen LogP contribution in [0.15, 0.2) is 36.4 Å². The van der Waals surface area contributed by atoms with Crippen molar-refractivity contribution in [2.24, 2.45) is 0 Å². The summed E-state index contributed by atoms with van der Waals surface area (Å²) < 4.78 is 0. The molecule has 0 heterocycles. The number of aryl methyl sites for hydroxylation is 1. The maximum atomic E-state index is 10.7. The van der Waals surface area contributed by atoms with E-state index < -0.39 is 4.92 Å². The van der Waals surface area contributed by atoms with E-state index in [4.69, 9.17) is 17.3 Å². The van der Waals surface area contributed by atoms with Crippen LogP contribution in [0.2, 0.25) is 5.02 Å². The first-order valence-corrected chi connectivity index (χ1v) is 5.92. The fourth-order valence-corrected chi connectivity index (χ4v) is 1.82. The highest BCUT2D eigenvalue weighted by molar-refractivity contribution is 6.31. The van der Waals surface area contributed by atoms with Crippen LogP contribution in [0, 0.1) is 17.0 Å². The number of nitrogen functional groups attached to an aromatic ring is 1. The monoisotopic (exact) mass is 277 g/mol. The van der Waals surface area contributed by atoms with Crippen LogP contribution >= 0.6 is 11.6 Å². The molecular formula is C13H12ClN3O2. The summed E-state index contributed by atoms with van der Waals surface area (Å²) in [5.74, 6) is 0. The summed E-state index contributed by atoms with van der Waals surface area (Å²) in [5.41, 5.74) is 8.08. The number of nitrogens with zero attached hydrogens (tertiary/aromatic N) is 1. The Bertz CT molecular complexity index is 644. The number of anilines is 3. The number of nitrogens with two attached hydrogens (primary N) is 1. The molecule has 0 fully saturated rings. The van der Waals surface area contributed by atoms with Crippen molar-refractivity contribution in [3.63, 3.8) is 0 Å². The molecule has 2 aromatic rings. The molecule has 5 nitrogen and oxygen atoms in total. The van der Waals surface area contributed by atoms with Gasteiger partial charge in [0.1, 0.15) is 5.69 Å². The molecule has 0 unspecified atom stereocenters. The van der Waals surface area contributed by atoms with Gasteiger partial charge >= 0.3 is 0 Å². The summed E-state index contributed by atoms with van der Waals surface area (Å²) in [5, 5.41) is 14.4. The van der Waals surface area contributed by atoms with Crippen molar-refractivity contribution in [3.8, 4) is 0 Å². The Kier molecular flexibility index (Phi) is 3.57. The van der Waals surface area contributed by atoms with E-state index in [0.29, 0.717) is 10.7 Å². The first kappa shape index (κ1) is 13.2. The molecule has 0 atom stereocenters. The van der Waals surface area contributed by atoms with Crippen molar-refractivity contribution in [1.29, 1.82) is 0 Å². The van der Waals surface area contributed by atoms with Crippen LogP contribution in [-0.4, -0.2) is 4.92 Å². The molecule has 0 aliphatic carbocycles. The molecule has 0 amide bonds. The van der Waals surface area contributed by atoms with E-state index in [2.05, 4.69) is 5.32 Å². The number of nitro groups is 1. The lowest BCUT2D eigenvalue weighted by atomic mass is 10.2. The first-order chi connectivity index (χ1) is 8.97. The molecule has 98 valence electrons. The lowest BCUT2D eigenvalue weighted by Gasteiger charge is -2.08. The van der Waals surface area contributed by atoms with Crippen LogP contribution in [0.25, 0.3) is 0 Å². The van der Waals surface area contributed by atoms with E-state index >= 15 is 0 Å². The molecule has 0 aliphatic rings. The van der Waals surface area contributed by atoms with Crippen molar-refractivity contribution in [2.75, 3.05) is 11.1 Å². The van der Waals surface area contributed by atoms with Gasteiger partial charge in [-0.05, 0) is 36.8 Å². The van der Waals surface area contributed by atoms with E-state index in [9.17, 15) is 10.1 Å². The van der Waals surface area contributed by atoms with Crippen molar-refractivity contribution < 1.29 is 4.92 Å². The number of hydrogen-bond acceptors (Lipinski definition) is 4. The Morgan fingerprint density at radius 2 is 1.84 bits per heavy atom. The summed E-state index contributed by atoms with van der Waals surface area (Å²) in [6.07, 6.45) is 0. The van der Waals surface area contributed by atoms with Gasteiger partial charge in [-0.2, -0.15) is 0 Å². The molecule has 0 spiro atoms. The molecule has 0 bridgehead atoms. The summed E-state index contributed by atoms with van der Waals surface area (Å²) in [4.78, 5) is 10.1. The number of halogens is 1. The van der Waals surface area contributed by atoms with E-state index in [0.717, 1.165) is 11.3 Å². The summed E-state index contributed by atoms with van der Waals surface area (Å²) in [6, 6.07) is 10.0. The minimum atomic E-state index is -0.512. The lowest BCUT2D eigenvalue weighted by Crippen LogP contribution is -1.97. The zero-order valence-electron chi connectivity index (χ0n) is 10.2. The topological polar surface area (TPSA) is 81.2 Å². The molecule has 2 aromatic carbocycles. The highest BCUT2D eigenvalue weighted by Crippen LogP contribution is 2.28. The van der Waals surface area contributed by atoms with Gasteiger partial charge in [-0.3, -0.25) is 10.1 Å². The molecule has 0 aromatic heterocycles. The van der Waals surface area contributed by atoms with Crippen LogP contribution in [-0.2, 0) is 0 Å². The molecule has 0 saturated carbocycles. The Labute approximate surface area is 115 Å². The van der Waals surface area contributed by atoms with Crippen LogP contribution in [0.3, 0.4) is 0 Å². The van der Waals surface area contributed by atoms with E-state index in [1.165, 1.54) is 12.1 Å². The second-order valence-corrected chi connectivity index (χ2v) is 4.53. The standard InChI is InChI=1S/C13H12ClN3O2/c1-8-2-3-9(6-11(8)14)16-10-4-5-13(17(18)19)12(15)7-10/h2-7,16H,15H2,1H3. The van der Waals surface area contributed by atoms with Gasteiger partial charge < -0.3 is 11.1 Å². The highest BCUT2D eigenvalue weighted by Gasteiger charge is 2.11. The van der Waals surface area contributed by atoms with Gasteiger partial charge in [0.05, 0.1) is 4.92 Å². The molecule has 0 aliphatic heterocycles. The Morgan fingerprint density at radius 3 is 2.42 bits per heavy atom. The average molecular weight is 278 g/mol. The second-order valence-electron chi connectivity index (χ2n) is 4.12. The van der Waals surface area contributed by atoms with Gasteiger partial charge in [0, 0.05) is 22.5 Å². The third-order valence-corrected chi connectivity index (χ3v) is 3.09. The van der Waals surface area contributed by atoms with E-state index in [-0.39, 0.29) is 11.4 Å². The predicted octanol–water partition coefficient (Wildman–Crippen LogP) is 3.88. The Balaban J connectivity index is 2.26. The average Bonchev–Trinajstić information content (AvgIpc) is 2.33. The summed E-state index contributed by atoms with van der Waals surface area (Å²) in [6.45, 7) is 1.91. The maximum Gasteiger partial charge on any atom is 0.292 e. The van der Waals surface area contributed by atoms with Gasteiger partial charge in [-0.15, -0.1) is 0 Å². The molecule has 19 heavy (non-hydrogen) atoms. The number of hydrogen-bond donors (Lipinski definition) is 2. The van der Waals surface area contributed by atoms with Crippen molar-refractivity contribution in [3.05, 3.63) is 57.1 Å². The third kappa shape index (κ3) is 2.95. The van der Waals surface area contributed by atoms with Crippen LogP contribution in [0.4, 0.5) is 22.7 Å². The van der Waals surface area contributed by atoms with Crippen LogP contribution in [0.1, 0.15) is 5.56 Å². The molecule has 0 radical (unpaired) electrons. The van der Waals surface area contributed by atoms with E-state index in [1.54, 1.807) is 12.1 Å². The minimum absolute atomic E-state index is 0.104. The maximum absolute atomic E-state index is 10.7. The lowest BCUT2D eigenvalue weighted by molar-refractivity contribution is -0.383. The molecule has 6 heteroatoms. The summed E-state index contributed by atoms with van der Waals surface area (Å²) in [7, 11) is 0. The van der Waals surface area contributed by atoms with Crippen molar-refractivity contribution in [2.45, 2.75) is 6.92 Å². The third-order valence-electron chi connectivity index (χ3n) is 2.68. The molecular weight excluding hydrogens is 266 g/mol. The van der Waals surface area contributed by atoms with Gasteiger partial charge in [0.2, 0.25) is 0 Å². The predicted molar refractivity (Wildman–Crippen MR) is 77.0 cm³/mol. The highest BCUT2D eigenvalue weighted by atomic mass is 35.5. The van der Waals surface area contributed by atoms with Gasteiger partial charge in [-0.25, -0.2) is 0 Å². The van der Waals surface area contributed by atoms with Gasteiger partial charge in [0.25, 0.3) is 5.69 Å². The minimum Gasteiger partial charge on any atom is -0.393 e. The summed E-state index contributed by atoms with van der Waals surface area (Å²) >= 11 is 6.02. The number of nitro benzene ring substituents is 1. The fourth-order valence-electron chi connectivity index (χ4n) is 1.64. The Hall–Kier alpha value is -2.27. The van der Waals surface area contributed by atoms with Crippen LogP contribution < -0.4 is 11.1 Å². The van der Waals surface area contributed by atoms with Crippen LogP contribution in [0.5, 0.6) is 0 Å².